The van der Waals surface area contributed by atoms with E-state index in [-0.39, 0.29) is 23.9 Å². The molecule has 0 bridgehead atoms. The van der Waals surface area contributed by atoms with Crippen molar-refractivity contribution in [1.82, 2.24) is 9.78 Å². The summed E-state index contributed by atoms with van der Waals surface area (Å²) >= 11 is 0. The van der Waals surface area contributed by atoms with Gasteiger partial charge in [0.25, 0.3) is 0 Å². The summed E-state index contributed by atoms with van der Waals surface area (Å²) < 4.78 is 1.94. The van der Waals surface area contributed by atoms with E-state index in [1.54, 1.807) is 6.20 Å². The van der Waals surface area contributed by atoms with Crippen molar-refractivity contribution < 1.29 is 4.79 Å². The van der Waals surface area contributed by atoms with Crippen molar-refractivity contribution >= 4 is 11.7 Å². The normalized spacial score (nSPS) is 18.1. The quantitative estimate of drug-likeness (QED) is 0.707. The van der Waals surface area contributed by atoms with E-state index in [9.17, 15) is 4.79 Å². The van der Waals surface area contributed by atoms with Crippen molar-refractivity contribution in [3.05, 3.63) is 83.6 Å². The largest absolute Gasteiger partial charge is 0.323 e. The van der Waals surface area contributed by atoms with Gasteiger partial charge in [-0.1, -0.05) is 61.5 Å². The summed E-state index contributed by atoms with van der Waals surface area (Å²) in [6, 6.07) is 19.9. The number of fused-ring (bicyclic) bond motifs is 1. The molecule has 1 amide bonds. The Balaban J connectivity index is 1.53. The summed E-state index contributed by atoms with van der Waals surface area (Å²) in [5.74, 6) is 0.269. The predicted octanol–water partition coefficient (Wildman–Crippen LogP) is 4.08. The van der Waals surface area contributed by atoms with E-state index in [1.165, 1.54) is 11.1 Å². The van der Waals surface area contributed by atoms with Crippen molar-refractivity contribution in [2.45, 2.75) is 38.3 Å². The molecule has 1 aliphatic carbocycles. The van der Waals surface area contributed by atoms with Crippen LogP contribution in [0.2, 0.25) is 0 Å². The molecule has 1 aromatic heterocycles. The Morgan fingerprint density at radius 2 is 1.89 bits per heavy atom. The molecule has 3 atom stereocenters. The van der Waals surface area contributed by atoms with Crippen LogP contribution in [0.3, 0.4) is 0 Å². The number of rotatable bonds is 5. The molecular weight excluding hydrogens is 348 g/mol. The molecule has 1 heterocycles. The molecule has 4 rings (SSSR count). The van der Waals surface area contributed by atoms with Crippen LogP contribution < -0.4 is 11.1 Å². The van der Waals surface area contributed by atoms with Gasteiger partial charge in [-0.15, -0.1) is 0 Å². The maximum absolute atomic E-state index is 12.9. The maximum Gasteiger partial charge on any atom is 0.230 e. The highest BCUT2D eigenvalue weighted by atomic mass is 16.2. The molecule has 3 N–H and O–H groups in total. The first-order valence-electron chi connectivity index (χ1n) is 9.88. The Morgan fingerprint density at radius 1 is 1.14 bits per heavy atom. The van der Waals surface area contributed by atoms with Gasteiger partial charge in [-0.25, -0.2) is 4.68 Å². The highest BCUT2D eigenvalue weighted by Crippen LogP contribution is 2.34. The molecule has 28 heavy (non-hydrogen) atoms. The molecule has 144 valence electrons. The monoisotopic (exact) mass is 374 g/mol. The number of aromatic nitrogens is 2. The van der Waals surface area contributed by atoms with Crippen LogP contribution in [0.1, 0.15) is 48.5 Å². The van der Waals surface area contributed by atoms with Crippen molar-refractivity contribution in [3.8, 4) is 0 Å². The standard InChI is InChI=1S/C23H26N4O/c1-16(22(24)18-9-3-2-4-10-18)23(28)26-21-14-15-25-27(21)20-13-7-11-17-8-5-6-12-19(17)20/h2-6,8-10,12,14-16,20,22H,7,11,13,24H2,1H3,(H,26,28). The zero-order valence-electron chi connectivity index (χ0n) is 16.1. The third-order valence-corrected chi connectivity index (χ3v) is 5.69. The Hall–Kier alpha value is -2.92. The fourth-order valence-electron chi connectivity index (χ4n) is 4.01. The summed E-state index contributed by atoms with van der Waals surface area (Å²) in [5.41, 5.74) is 9.95. The molecular formula is C23H26N4O. The first-order valence-corrected chi connectivity index (χ1v) is 9.88. The number of nitrogens with zero attached hydrogens (tertiary/aromatic N) is 2. The Labute approximate surface area is 165 Å². The van der Waals surface area contributed by atoms with Crippen LogP contribution in [-0.2, 0) is 11.2 Å². The molecule has 3 unspecified atom stereocenters. The van der Waals surface area contributed by atoms with Crippen LogP contribution in [0.25, 0.3) is 0 Å². The molecule has 0 saturated heterocycles. The van der Waals surface area contributed by atoms with E-state index >= 15 is 0 Å². The fraction of sp³-hybridized carbons (Fsp3) is 0.304. The summed E-state index contributed by atoms with van der Waals surface area (Å²) in [6.45, 7) is 1.86. The van der Waals surface area contributed by atoms with E-state index < -0.39 is 0 Å². The number of hydrogen-bond acceptors (Lipinski definition) is 3. The summed E-state index contributed by atoms with van der Waals surface area (Å²) in [7, 11) is 0. The summed E-state index contributed by atoms with van der Waals surface area (Å²) in [4.78, 5) is 12.9. The van der Waals surface area contributed by atoms with E-state index in [1.807, 2.05) is 48.0 Å². The van der Waals surface area contributed by atoms with E-state index in [0.717, 1.165) is 30.6 Å². The van der Waals surface area contributed by atoms with Gasteiger partial charge in [0, 0.05) is 12.1 Å². The zero-order valence-corrected chi connectivity index (χ0v) is 16.1. The van der Waals surface area contributed by atoms with Gasteiger partial charge in [0.1, 0.15) is 5.82 Å². The molecule has 1 aliphatic rings. The van der Waals surface area contributed by atoms with Gasteiger partial charge < -0.3 is 11.1 Å². The predicted molar refractivity (Wildman–Crippen MR) is 111 cm³/mol. The SMILES string of the molecule is CC(C(=O)Nc1ccnn1C1CCCc2ccccc21)C(N)c1ccccc1. The van der Waals surface area contributed by atoms with Gasteiger partial charge >= 0.3 is 0 Å². The van der Waals surface area contributed by atoms with Gasteiger partial charge in [0.15, 0.2) is 0 Å². The molecule has 5 heteroatoms. The Morgan fingerprint density at radius 3 is 2.71 bits per heavy atom. The highest BCUT2D eigenvalue weighted by Gasteiger charge is 2.26. The second-order valence-corrected chi connectivity index (χ2v) is 7.48. The van der Waals surface area contributed by atoms with E-state index in [0.29, 0.717) is 0 Å². The van der Waals surface area contributed by atoms with Crippen LogP contribution in [0, 0.1) is 5.92 Å². The highest BCUT2D eigenvalue weighted by molar-refractivity contribution is 5.92. The third kappa shape index (κ3) is 3.58. The molecule has 5 nitrogen and oxygen atoms in total. The number of hydrogen-bond donors (Lipinski definition) is 2. The van der Waals surface area contributed by atoms with Gasteiger partial charge in [-0.2, -0.15) is 5.10 Å². The molecule has 0 spiro atoms. The number of amides is 1. The van der Waals surface area contributed by atoms with Crippen LogP contribution in [0.15, 0.2) is 66.9 Å². The van der Waals surface area contributed by atoms with Crippen molar-refractivity contribution in [2.24, 2.45) is 11.7 Å². The lowest BCUT2D eigenvalue weighted by Crippen LogP contribution is -2.31. The average Bonchev–Trinajstić information content (AvgIpc) is 3.20. The van der Waals surface area contributed by atoms with Crippen LogP contribution in [0.4, 0.5) is 5.82 Å². The lowest BCUT2D eigenvalue weighted by molar-refractivity contribution is -0.120. The summed E-state index contributed by atoms with van der Waals surface area (Å²) in [5, 5.41) is 7.58. The van der Waals surface area contributed by atoms with Gasteiger partial charge in [-0.05, 0) is 36.0 Å². The number of carbonyl (C=O) groups is 1. The van der Waals surface area contributed by atoms with Crippen LogP contribution >= 0.6 is 0 Å². The van der Waals surface area contributed by atoms with E-state index in [4.69, 9.17) is 5.73 Å². The summed E-state index contributed by atoms with van der Waals surface area (Å²) in [6.07, 6.45) is 4.97. The molecule has 2 aromatic carbocycles. The fourth-order valence-corrected chi connectivity index (χ4v) is 4.01. The number of anilines is 1. The Bertz CT molecular complexity index is 950. The maximum atomic E-state index is 12.9. The van der Waals surface area contributed by atoms with Crippen LogP contribution in [-0.4, -0.2) is 15.7 Å². The average molecular weight is 374 g/mol. The number of carbonyl (C=O) groups excluding carboxylic acids is 1. The molecule has 3 aromatic rings. The van der Waals surface area contributed by atoms with Gasteiger partial charge in [0.2, 0.25) is 5.91 Å². The molecule has 0 fully saturated rings. The zero-order chi connectivity index (χ0) is 19.5. The number of benzene rings is 2. The second-order valence-electron chi connectivity index (χ2n) is 7.48. The lowest BCUT2D eigenvalue weighted by Gasteiger charge is -2.27. The lowest BCUT2D eigenvalue weighted by atomic mass is 9.88. The molecule has 0 aliphatic heterocycles. The minimum Gasteiger partial charge on any atom is -0.323 e. The Kier molecular flexibility index (Phi) is 5.26. The van der Waals surface area contributed by atoms with Crippen molar-refractivity contribution in [2.75, 3.05) is 5.32 Å². The number of nitrogens with one attached hydrogen (secondary N) is 1. The van der Waals surface area contributed by atoms with Crippen molar-refractivity contribution in [3.63, 3.8) is 0 Å². The minimum absolute atomic E-state index is 0.0952. The van der Waals surface area contributed by atoms with Crippen LogP contribution in [0.5, 0.6) is 0 Å². The first-order chi connectivity index (χ1) is 13.6. The molecule has 0 radical (unpaired) electrons. The van der Waals surface area contributed by atoms with E-state index in [2.05, 4.69) is 34.7 Å². The van der Waals surface area contributed by atoms with Crippen molar-refractivity contribution in [1.29, 1.82) is 0 Å². The van der Waals surface area contributed by atoms with Gasteiger partial charge in [0.05, 0.1) is 18.2 Å². The number of aryl methyl sites for hydroxylation is 1. The topological polar surface area (TPSA) is 72.9 Å². The first kappa shape index (κ1) is 18.4. The van der Waals surface area contributed by atoms with Gasteiger partial charge in [-0.3, -0.25) is 4.79 Å². The minimum atomic E-state index is -0.357. The molecule has 0 saturated carbocycles. The third-order valence-electron chi connectivity index (χ3n) is 5.69. The number of nitrogens with two attached hydrogens (primary N) is 1. The smallest absolute Gasteiger partial charge is 0.230 e. The second kappa shape index (κ2) is 7.98.